The minimum absolute atomic E-state index is 0.229. The van der Waals surface area contributed by atoms with E-state index in [9.17, 15) is 5.11 Å². The zero-order valence-corrected chi connectivity index (χ0v) is 11.9. The number of ether oxygens (including phenoxy) is 2. The van der Waals surface area contributed by atoms with Crippen LogP contribution in [0.3, 0.4) is 0 Å². The number of methoxy groups -OCH3 is 1. The number of aliphatic hydroxyl groups is 1. The van der Waals surface area contributed by atoms with Crippen LogP contribution in [0.1, 0.15) is 37.3 Å². The van der Waals surface area contributed by atoms with Crippen LogP contribution in [0.15, 0.2) is 18.2 Å². The highest BCUT2D eigenvalue weighted by Crippen LogP contribution is 2.26. The number of rotatable bonds is 7. The molecule has 0 aliphatic carbocycles. The summed E-state index contributed by atoms with van der Waals surface area (Å²) < 4.78 is 10.7. The normalized spacial score (nSPS) is 16.8. The third-order valence-corrected chi connectivity index (χ3v) is 3.83. The van der Waals surface area contributed by atoms with E-state index in [-0.39, 0.29) is 12.2 Å². The topological polar surface area (TPSA) is 38.7 Å². The molecule has 0 fully saturated rings. The Balaban J connectivity index is 1.75. The fourth-order valence-electron chi connectivity index (χ4n) is 2.42. The van der Waals surface area contributed by atoms with Crippen LogP contribution < -0.4 is 4.74 Å². The largest absolute Gasteiger partial charge is 0.493 e. The van der Waals surface area contributed by atoms with Crippen LogP contribution in [0, 0.1) is 0 Å². The second-order valence-corrected chi connectivity index (χ2v) is 5.36. The van der Waals surface area contributed by atoms with Crippen molar-refractivity contribution in [2.75, 3.05) is 13.7 Å². The molecule has 0 spiro atoms. The maximum atomic E-state index is 9.97. The Kier molecular flexibility index (Phi) is 5.23. The third kappa shape index (κ3) is 4.22. The third-order valence-electron chi connectivity index (χ3n) is 3.83. The first-order valence-electron chi connectivity index (χ1n) is 7.14. The summed E-state index contributed by atoms with van der Waals surface area (Å²) in [6, 6.07) is 6.37. The molecule has 1 aliphatic rings. The Labute approximate surface area is 115 Å². The molecule has 0 radical (unpaired) electrons. The van der Waals surface area contributed by atoms with Crippen LogP contribution in [0.2, 0.25) is 0 Å². The van der Waals surface area contributed by atoms with Gasteiger partial charge in [-0.3, -0.25) is 0 Å². The van der Waals surface area contributed by atoms with Crippen LogP contribution in [0.5, 0.6) is 5.75 Å². The first-order valence-corrected chi connectivity index (χ1v) is 7.14. The summed E-state index contributed by atoms with van der Waals surface area (Å²) in [6.45, 7) is 2.84. The molecule has 1 N–H and O–H groups in total. The van der Waals surface area contributed by atoms with Crippen molar-refractivity contribution in [3.05, 3.63) is 29.3 Å². The van der Waals surface area contributed by atoms with E-state index in [1.807, 2.05) is 6.92 Å². The van der Waals surface area contributed by atoms with Gasteiger partial charge in [-0.2, -0.15) is 0 Å². The lowest BCUT2D eigenvalue weighted by molar-refractivity contribution is 0.0826. The number of hydrogen-bond donors (Lipinski definition) is 1. The molecule has 2 atom stereocenters. The van der Waals surface area contributed by atoms with Gasteiger partial charge in [0.05, 0.1) is 18.8 Å². The summed E-state index contributed by atoms with van der Waals surface area (Å²) in [5, 5.41) is 9.97. The van der Waals surface area contributed by atoms with Gasteiger partial charge in [0.25, 0.3) is 0 Å². The molecule has 2 rings (SSSR count). The van der Waals surface area contributed by atoms with Crippen molar-refractivity contribution in [1.82, 2.24) is 0 Å². The van der Waals surface area contributed by atoms with Gasteiger partial charge in [-0.05, 0) is 49.8 Å². The fraction of sp³-hybridized carbons (Fsp3) is 0.625. The van der Waals surface area contributed by atoms with Gasteiger partial charge in [0.1, 0.15) is 5.75 Å². The molecule has 3 nitrogen and oxygen atoms in total. The molecule has 2 unspecified atom stereocenters. The predicted octanol–water partition coefficient (Wildman–Crippen LogP) is 2.73. The van der Waals surface area contributed by atoms with Crippen molar-refractivity contribution in [2.24, 2.45) is 0 Å². The Bertz CT molecular complexity index is 403. The minimum Gasteiger partial charge on any atom is -0.493 e. The zero-order valence-electron chi connectivity index (χ0n) is 11.9. The van der Waals surface area contributed by atoms with Crippen LogP contribution in [0.25, 0.3) is 0 Å². The molecule has 19 heavy (non-hydrogen) atoms. The average Bonchev–Trinajstić information content (AvgIpc) is 2.89. The van der Waals surface area contributed by atoms with E-state index in [0.29, 0.717) is 0 Å². The summed E-state index contributed by atoms with van der Waals surface area (Å²) in [4.78, 5) is 0. The number of hydrogen-bond acceptors (Lipinski definition) is 3. The van der Waals surface area contributed by atoms with E-state index in [1.165, 1.54) is 11.1 Å². The molecule has 0 aromatic heterocycles. The first-order chi connectivity index (χ1) is 9.19. The van der Waals surface area contributed by atoms with Gasteiger partial charge >= 0.3 is 0 Å². The van der Waals surface area contributed by atoms with Crippen LogP contribution >= 0.6 is 0 Å². The van der Waals surface area contributed by atoms with Crippen molar-refractivity contribution >= 4 is 0 Å². The van der Waals surface area contributed by atoms with Crippen LogP contribution in [-0.4, -0.2) is 31.0 Å². The van der Waals surface area contributed by atoms with E-state index in [4.69, 9.17) is 9.47 Å². The molecule has 1 aromatic carbocycles. The second-order valence-electron chi connectivity index (χ2n) is 5.36. The van der Waals surface area contributed by atoms with E-state index < -0.39 is 0 Å². The lowest BCUT2D eigenvalue weighted by Crippen LogP contribution is -2.13. The predicted molar refractivity (Wildman–Crippen MR) is 75.7 cm³/mol. The Morgan fingerprint density at radius 1 is 1.32 bits per heavy atom. The Morgan fingerprint density at radius 2 is 2.16 bits per heavy atom. The van der Waals surface area contributed by atoms with Gasteiger partial charge in [0.15, 0.2) is 0 Å². The highest BCUT2D eigenvalue weighted by Gasteiger charge is 2.13. The summed E-state index contributed by atoms with van der Waals surface area (Å²) >= 11 is 0. The van der Waals surface area contributed by atoms with E-state index in [0.717, 1.165) is 44.5 Å². The Hall–Kier alpha value is -1.06. The van der Waals surface area contributed by atoms with Gasteiger partial charge in [-0.15, -0.1) is 0 Å². The van der Waals surface area contributed by atoms with E-state index in [2.05, 4.69) is 18.2 Å². The van der Waals surface area contributed by atoms with Gasteiger partial charge in [0.2, 0.25) is 0 Å². The number of benzene rings is 1. The molecular formula is C16H24O3. The summed E-state index contributed by atoms with van der Waals surface area (Å²) in [7, 11) is 1.71. The molecule has 1 heterocycles. The monoisotopic (exact) mass is 264 g/mol. The van der Waals surface area contributed by atoms with Gasteiger partial charge in [-0.1, -0.05) is 12.1 Å². The maximum absolute atomic E-state index is 9.97. The van der Waals surface area contributed by atoms with Crippen molar-refractivity contribution in [3.8, 4) is 5.75 Å². The molecule has 3 heteroatoms. The molecule has 1 aromatic rings. The summed E-state index contributed by atoms with van der Waals surface area (Å²) in [5.41, 5.74) is 2.60. The molecule has 106 valence electrons. The van der Waals surface area contributed by atoms with Crippen molar-refractivity contribution in [3.63, 3.8) is 0 Å². The highest BCUT2D eigenvalue weighted by atomic mass is 16.5. The number of aryl methyl sites for hydroxylation is 1. The van der Waals surface area contributed by atoms with Crippen LogP contribution in [0.4, 0.5) is 0 Å². The Morgan fingerprint density at radius 3 is 2.95 bits per heavy atom. The second kappa shape index (κ2) is 6.92. The molecule has 0 bridgehead atoms. The number of aliphatic hydroxyl groups excluding tert-OH is 1. The van der Waals surface area contributed by atoms with Crippen molar-refractivity contribution in [2.45, 2.75) is 51.2 Å². The smallest absolute Gasteiger partial charge is 0.122 e. The summed E-state index contributed by atoms with van der Waals surface area (Å²) in [5.74, 6) is 1.03. The maximum Gasteiger partial charge on any atom is 0.122 e. The van der Waals surface area contributed by atoms with Gasteiger partial charge in [0, 0.05) is 13.5 Å². The fourth-order valence-corrected chi connectivity index (χ4v) is 2.42. The van der Waals surface area contributed by atoms with E-state index >= 15 is 0 Å². The minimum atomic E-state index is -0.234. The molecular weight excluding hydrogens is 240 g/mol. The standard InChI is InChI=1S/C16H24O3/c1-12(18-2)3-6-15(17)7-4-13-5-8-16-14(11-13)9-10-19-16/h5,8,11-12,15,17H,3-4,6-7,9-10H2,1-2H3. The van der Waals surface area contributed by atoms with E-state index in [1.54, 1.807) is 7.11 Å². The van der Waals surface area contributed by atoms with Crippen molar-refractivity contribution in [1.29, 1.82) is 0 Å². The molecule has 0 saturated carbocycles. The zero-order chi connectivity index (χ0) is 13.7. The molecule has 0 amide bonds. The highest BCUT2D eigenvalue weighted by molar-refractivity contribution is 5.39. The summed E-state index contributed by atoms with van der Waals surface area (Å²) in [6.07, 6.45) is 4.47. The lowest BCUT2D eigenvalue weighted by Gasteiger charge is -2.14. The quantitative estimate of drug-likeness (QED) is 0.823. The van der Waals surface area contributed by atoms with Crippen molar-refractivity contribution < 1.29 is 14.6 Å². The van der Waals surface area contributed by atoms with Gasteiger partial charge < -0.3 is 14.6 Å². The average molecular weight is 264 g/mol. The first kappa shape index (κ1) is 14.4. The van der Waals surface area contributed by atoms with Gasteiger partial charge in [-0.25, -0.2) is 0 Å². The van der Waals surface area contributed by atoms with Crippen LogP contribution in [-0.2, 0) is 17.6 Å². The molecule has 1 aliphatic heterocycles. The number of fused-ring (bicyclic) bond motifs is 1. The molecule has 0 saturated heterocycles. The SMILES string of the molecule is COC(C)CCC(O)CCc1ccc2c(c1)CCO2. The lowest BCUT2D eigenvalue weighted by atomic mass is 10.0.